The van der Waals surface area contributed by atoms with Crippen LogP contribution in [0, 0.1) is 0 Å². The number of amides is 1. The Morgan fingerprint density at radius 1 is 1.09 bits per heavy atom. The Hall–Kier alpha value is -3.82. The van der Waals surface area contributed by atoms with Crippen molar-refractivity contribution in [2.45, 2.75) is 11.7 Å². The smallest absolute Gasteiger partial charge is 0.262 e. The molecule has 0 aliphatic carbocycles. The van der Waals surface area contributed by atoms with Crippen LogP contribution in [0.25, 0.3) is 28.0 Å². The Morgan fingerprint density at radius 3 is 2.68 bits per heavy atom. The van der Waals surface area contributed by atoms with E-state index in [0.29, 0.717) is 32.7 Å². The third kappa shape index (κ3) is 4.75. The molecule has 0 unspecified atom stereocenters. The van der Waals surface area contributed by atoms with Gasteiger partial charge in [0.25, 0.3) is 5.56 Å². The summed E-state index contributed by atoms with van der Waals surface area (Å²) >= 11 is 7.06. The van der Waals surface area contributed by atoms with E-state index in [2.05, 4.69) is 20.4 Å². The number of H-pyrrole nitrogens is 1. The van der Waals surface area contributed by atoms with Crippen LogP contribution in [0.1, 0.15) is 5.76 Å². The van der Waals surface area contributed by atoms with Gasteiger partial charge in [-0.15, -0.1) is 0 Å². The third-order valence-corrected chi connectivity index (χ3v) is 6.13. The molecule has 0 saturated heterocycles. The zero-order valence-corrected chi connectivity index (χ0v) is 19.3. The summed E-state index contributed by atoms with van der Waals surface area (Å²) in [6.45, 7) is 0.247. The maximum Gasteiger partial charge on any atom is 0.262 e. The first-order valence-electron chi connectivity index (χ1n) is 10.3. The van der Waals surface area contributed by atoms with Gasteiger partial charge in [-0.05, 0) is 48.5 Å². The molecule has 0 atom stereocenters. The van der Waals surface area contributed by atoms with Crippen LogP contribution in [0.2, 0.25) is 5.02 Å². The van der Waals surface area contributed by atoms with Crippen LogP contribution >= 0.6 is 23.4 Å². The summed E-state index contributed by atoms with van der Waals surface area (Å²) in [6, 6.07) is 20.4. The number of fused-ring (bicyclic) bond motifs is 1. The van der Waals surface area contributed by atoms with Gasteiger partial charge in [-0.25, -0.2) is 9.67 Å². The van der Waals surface area contributed by atoms with Gasteiger partial charge >= 0.3 is 0 Å². The molecule has 0 bridgehead atoms. The van der Waals surface area contributed by atoms with Crippen LogP contribution in [-0.2, 0) is 11.3 Å². The maximum absolute atomic E-state index is 12.5. The summed E-state index contributed by atoms with van der Waals surface area (Å²) in [6.07, 6.45) is 1.48. The normalized spacial score (nSPS) is 11.1. The van der Waals surface area contributed by atoms with Crippen molar-refractivity contribution in [1.82, 2.24) is 25.1 Å². The van der Waals surface area contributed by atoms with Crippen molar-refractivity contribution in [2.24, 2.45) is 0 Å². The van der Waals surface area contributed by atoms with Crippen molar-refractivity contribution < 1.29 is 9.21 Å². The number of rotatable bonds is 7. The van der Waals surface area contributed by atoms with Crippen LogP contribution in [0.4, 0.5) is 0 Å². The second kappa shape index (κ2) is 9.58. The molecule has 5 aromatic rings. The lowest BCUT2D eigenvalue weighted by Crippen LogP contribution is -2.24. The predicted octanol–water partition coefficient (Wildman–Crippen LogP) is 4.43. The van der Waals surface area contributed by atoms with Gasteiger partial charge in [0.15, 0.2) is 10.8 Å². The van der Waals surface area contributed by atoms with Gasteiger partial charge in [0.1, 0.15) is 16.9 Å². The van der Waals surface area contributed by atoms with E-state index in [1.807, 2.05) is 54.6 Å². The first kappa shape index (κ1) is 22.0. The van der Waals surface area contributed by atoms with Gasteiger partial charge < -0.3 is 14.7 Å². The molecule has 1 amide bonds. The predicted molar refractivity (Wildman–Crippen MR) is 131 cm³/mol. The zero-order chi connectivity index (χ0) is 23.5. The van der Waals surface area contributed by atoms with Crippen LogP contribution in [0.15, 0.2) is 87.3 Å². The summed E-state index contributed by atoms with van der Waals surface area (Å²) < 4.78 is 7.40. The molecular formula is C24H18ClN5O3S. The van der Waals surface area contributed by atoms with Gasteiger partial charge in [-0.3, -0.25) is 9.59 Å². The number of hydrogen-bond donors (Lipinski definition) is 2. The van der Waals surface area contributed by atoms with Crippen LogP contribution < -0.4 is 10.9 Å². The minimum atomic E-state index is -0.305. The Labute approximate surface area is 203 Å². The van der Waals surface area contributed by atoms with Crippen molar-refractivity contribution in [1.29, 1.82) is 0 Å². The number of carbonyl (C=O) groups excluding carboxylic acids is 1. The molecule has 0 radical (unpaired) electrons. The van der Waals surface area contributed by atoms with E-state index in [-0.39, 0.29) is 23.8 Å². The minimum absolute atomic E-state index is 0.0820. The van der Waals surface area contributed by atoms with Gasteiger partial charge in [-0.1, -0.05) is 41.6 Å². The summed E-state index contributed by atoms with van der Waals surface area (Å²) in [5, 5.41) is 8.47. The Morgan fingerprint density at radius 2 is 1.88 bits per heavy atom. The second-order valence-corrected chi connectivity index (χ2v) is 8.74. The Kier molecular flexibility index (Phi) is 6.20. The fourth-order valence-electron chi connectivity index (χ4n) is 3.34. The molecule has 0 saturated carbocycles. The molecule has 2 aromatic carbocycles. The highest BCUT2D eigenvalue weighted by Crippen LogP contribution is 2.24. The standard InChI is InChI=1S/C24H18ClN5O3S/c25-16-8-6-15(7-9-16)20-11-10-18(33-20)12-26-21(31)14-34-24-28-22-19(23(32)29-24)13-27-30(22)17-4-2-1-3-5-17/h1-11,13H,12,14H2,(H,26,31)(H,28,29,32). The summed E-state index contributed by atoms with van der Waals surface area (Å²) in [5.41, 5.74) is 1.82. The van der Waals surface area contributed by atoms with E-state index in [1.54, 1.807) is 16.8 Å². The number of nitrogens with zero attached hydrogens (tertiary/aromatic N) is 3. The van der Waals surface area contributed by atoms with Crippen molar-refractivity contribution in [3.05, 3.63) is 94.1 Å². The fraction of sp³-hybridized carbons (Fsp3) is 0.0833. The number of aromatic nitrogens is 4. The van der Waals surface area contributed by atoms with Gasteiger partial charge in [0.05, 0.1) is 24.2 Å². The SMILES string of the molecule is O=C(CSc1nc2c(cnn2-c2ccccc2)c(=O)[nH]1)NCc1ccc(-c2ccc(Cl)cc2)o1. The molecule has 5 rings (SSSR count). The molecule has 10 heteroatoms. The molecule has 0 fully saturated rings. The van der Waals surface area contributed by atoms with Crippen LogP contribution in [0.3, 0.4) is 0 Å². The number of hydrogen-bond acceptors (Lipinski definition) is 6. The molecule has 0 aliphatic heterocycles. The quantitative estimate of drug-likeness (QED) is 0.258. The maximum atomic E-state index is 12.5. The van der Waals surface area contributed by atoms with Gasteiger partial charge in [0, 0.05) is 10.6 Å². The number of halogens is 1. The molecule has 3 aromatic heterocycles. The molecule has 8 nitrogen and oxygen atoms in total. The average Bonchev–Trinajstić information content (AvgIpc) is 3.50. The monoisotopic (exact) mass is 491 g/mol. The van der Waals surface area contributed by atoms with E-state index in [1.165, 1.54) is 6.20 Å². The number of thioether (sulfide) groups is 1. The number of nitrogens with one attached hydrogen (secondary N) is 2. The highest BCUT2D eigenvalue weighted by atomic mass is 35.5. The molecule has 170 valence electrons. The first-order chi connectivity index (χ1) is 16.6. The lowest BCUT2D eigenvalue weighted by atomic mass is 10.2. The van der Waals surface area contributed by atoms with E-state index in [4.69, 9.17) is 16.0 Å². The molecular weight excluding hydrogens is 474 g/mol. The van der Waals surface area contributed by atoms with Crippen molar-refractivity contribution in [3.63, 3.8) is 0 Å². The lowest BCUT2D eigenvalue weighted by Gasteiger charge is -2.05. The minimum Gasteiger partial charge on any atom is -0.459 e. The first-order valence-corrected chi connectivity index (χ1v) is 11.7. The van der Waals surface area contributed by atoms with Crippen molar-refractivity contribution >= 4 is 40.3 Å². The lowest BCUT2D eigenvalue weighted by molar-refractivity contribution is -0.118. The Balaban J connectivity index is 1.22. The van der Waals surface area contributed by atoms with Crippen LogP contribution in [-0.4, -0.2) is 31.4 Å². The van der Waals surface area contributed by atoms with Crippen molar-refractivity contribution in [3.8, 4) is 17.0 Å². The topological polar surface area (TPSA) is 106 Å². The highest BCUT2D eigenvalue weighted by molar-refractivity contribution is 7.99. The number of carbonyl (C=O) groups is 1. The molecule has 34 heavy (non-hydrogen) atoms. The number of furan rings is 1. The molecule has 3 heterocycles. The van der Waals surface area contributed by atoms with Crippen molar-refractivity contribution in [2.75, 3.05) is 5.75 Å². The molecule has 0 spiro atoms. The number of para-hydroxylation sites is 1. The van der Waals surface area contributed by atoms with E-state index < -0.39 is 0 Å². The molecule has 0 aliphatic rings. The van der Waals surface area contributed by atoms with E-state index >= 15 is 0 Å². The Bertz CT molecular complexity index is 1510. The van der Waals surface area contributed by atoms with Gasteiger partial charge in [-0.2, -0.15) is 5.10 Å². The second-order valence-electron chi connectivity index (χ2n) is 7.34. The third-order valence-electron chi connectivity index (χ3n) is 5.01. The highest BCUT2D eigenvalue weighted by Gasteiger charge is 2.13. The molecule has 2 N–H and O–H groups in total. The fourth-order valence-corrected chi connectivity index (χ4v) is 4.15. The van der Waals surface area contributed by atoms with E-state index in [9.17, 15) is 9.59 Å². The van der Waals surface area contributed by atoms with Crippen LogP contribution in [0.5, 0.6) is 0 Å². The summed E-state index contributed by atoms with van der Waals surface area (Å²) in [7, 11) is 0. The summed E-state index contributed by atoms with van der Waals surface area (Å²) in [4.78, 5) is 32.0. The average molecular weight is 492 g/mol. The van der Waals surface area contributed by atoms with E-state index in [0.717, 1.165) is 23.0 Å². The van der Waals surface area contributed by atoms with Gasteiger partial charge in [0.2, 0.25) is 5.91 Å². The summed E-state index contributed by atoms with van der Waals surface area (Å²) in [5.74, 6) is 1.19. The number of benzene rings is 2. The number of aromatic amines is 1. The zero-order valence-electron chi connectivity index (χ0n) is 17.7. The largest absolute Gasteiger partial charge is 0.459 e.